The summed E-state index contributed by atoms with van der Waals surface area (Å²) in [5.74, 6) is -0.0180. The van der Waals surface area contributed by atoms with E-state index in [1.54, 1.807) is 6.07 Å². The van der Waals surface area contributed by atoms with Gasteiger partial charge < -0.3 is 10.1 Å². The summed E-state index contributed by atoms with van der Waals surface area (Å²) in [6.07, 6.45) is 4.83. The van der Waals surface area contributed by atoms with Crippen LogP contribution in [-0.2, 0) is 4.94 Å². The lowest BCUT2D eigenvalue weighted by atomic mass is 9.83. The Bertz CT molecular complexity index is 340. The number of nitriles is 1. The highest BCUT2D eigenvalue weighted by molar-refractivity contribution is 7.96. The van der Waals surface area contributed by atoms with E-state index in [1.807, 2.05) is 0 Å². The molecule has 0 aromatic heterocycles. The molecule has 1 heterocycles. The molecule has 0 radical (unpaired) electrons. The molecule has 1 fully saturated rings. The fourth-order valence-electron chi connectivity index (χ4n) is 2.20. The summed E-state index contributed by atoms with van der Waals surface area (Å²) in [5, 5.41) is 23.8. The molecule has 1 aliphatic heterocycles. The van der Waals surface area contributed by atoms with Crippen LogP contribution in [0.2, 0.25) is 0 Å². The summed E-state index contributed by atoms with van der Waals surface area (Å²) in [5.41, 5.74) is 0.234. The van der Waals surface area contributed by atoms with Gasteiger partial charge in [0.25, 0.3) is 0 Å². The molecule has 0 aromatic rings. The van der Waals surface area contributed by atoms with Crippen LogP contribution >= 0.6 is 12.1 Å². The van der Waals surface area contributed by atoms with E-state index >= 15 is 0 Å². The predicted molar refractivity (Wildman–Crippen MR) is 57.3 cm³/mol. The molecule has 88 valence electrons. The minimum absolute atomic E-state index is 0.0180. The fourth-order valence-corrected chi connectivity index (χ4v) is 2.61. The van der Waals surface area contributed by atoms with Crippen molar-refractivity contribution in [1.82, 2.24) is 5.23 Å². The van der Waals surface area contributed by atoms with Crippen molar-refractivity contribution in [3.63, 3.8) is 0 Å². The topological polar surface area (TPSA) is 71.7 Å². The minimum Gasteiger partial charge on any atom is -0.748 e. The number of hydrogen-bond donors (Lipinski definition) is 0. The zero-order chi connectivity index (χ0) is 11.6. The van der Waals surface area contributed by atoms with Gasteiger partial charge in [-0.05, 0) is 12.8 Å². The predicted octanol–water partition coefficient (Wildman–Crippen LogP) is 2.51. The molecule has 0 saturated heterocycles. The van der Waals surface area contributed by atoms with Crippen LogP contribution in [0.5, 0.6) is 0 Å². The zero-order valence-corrected chi connectivity index (χ0v) is 9.37. The van der Waals surface area contributed by atoms with E-state index < -0.39 is 4.87 Å². The van der Waals surface area contributed by atoms with Crippen molar-refractivity contribution in [3.05, 3.63) is 5.21 Å². The average Bonchev–Trinajstić information content (AvgIpc) is 2.68. The Hall–Kier alpha value is -0.840. The van der Waals surface area contributed by atoms with Crippen LogP contribution in [0.4, 0.5) is 3.89 Å². The Balaban J connectivity index is 2.23. The molecule has 1 atom stereocenters. The van der Waals surface area contributed by atoms with Gasteiger partial charge in [0.2, 0.25) is 4.87 Å². The molecule has 2 aliphatic rings. The van der Waals surface area contributed by atoms with Gasteiger partial charge in [0.1, 0.15) is 11.8 Å². The van der Waals surface area contributed by atoms with Crippen molar-refractivity contribution < 1.29 is 8.82 Å². The second-order valence-electron chi connectivity index (χ2n) is 3.98. The first-order chi connectivity index (χ1) is 7.74. The van der Waals surface area contributed by atoms with Gasteiger partial charge >= 0.3 is 0 Å². The van der Waals surface area contributed by atoms with Crippen molar-refractivity contribution >= 4 is 17.9 Å². The molecule has 1 aliphatic carbocycles. The summed E-state index contributed by atoms with van der Waals surface area (Å²) in [7, 11) is 0. The van der Waals surface area contributed by atoms with Gasteiger partial charge in [0, 0.05) is 5.92 Å². The van der Waals surface area contributed by atoms with Crippen LogP contribution < -0.4 is 0 Å². The van der Waals surface area contributed by atoms with Crippen molar-refractivity contribution in [2.45, 2.75) is 37.0 Å². The smallest absolute Gasteiger partial charge is 0.249 e. The van der Waals surface area contributed by atoms with E-state index in [-0.39, 0.29) is 29.0 Å². The molecular formula is C9H11FN3O2S-. The number of nitrogens with zero attached hydrogens (tertiary/aromatic N) is 3. The van der Waals surface area contributed by atoms with Gasteiger partial charge in [-0.2, -0.15) is 9.15 Å². The third kappa shape index (κ3) is 1.67. The quantitative estimate of drug-likeness (QED) is 0.746. The Kier molecular flexibility index (Phi) is 3.33. The number of hydroxylamine groups is 2. The average molecular weight is 244 g/mol. The first-order valence-corrected chi connectivity index (χ1v) is 5.90. The summed E-state index contributed by atoms with van der Waals surface area (Å²) >= 11 is -0.314. The summed E-state index contributed by atoms with van der Waals surface area (Å²) < 4.78 is 12.9. The second kappa shape index (κ2) is 4.57. The lowest BCUT2D eigenvalue weighted by molar-refractivity contribution is -0.109. The molecule has 16 heavy (non-hydrogen) atoms. The van der Waals surface area contributed by atoms with E-state index in [0.29, 0.717) is 0 Å². The fraction of sp³-hybridized carbons (Fsp3) is 0.778. The van der Waals surface area contributed by atoms with Crippen LogP contribution in [0, 0.1) is 22.5 Å². The minimum atomic E-state index is -1.93. The molecule has 0 spiro atoms. The molecule has 5 nitrogen and oxygen atoms in total. The van der Waals surface area contributed by atoms with E-state index in [1.165, 1.54) is 0 Å². The Morgan fingerprint density at radius 1 is 1.56 bits per heavy atom. The third-order valence-electron chi connectivity index (χ3n) is 3.07. The highest BCUT2D eigenvalue weighted by Gasteiger charge is 2.49. The maximum Gasteiger partial charge on any atom is 0.249 e. The van der Waals surface area contributed by atoms with E-state index in [4.69, 9.17) is 5.26 Å². The summed E-state index contributed by atoms with van der Waals surface area (Å²) in [6, 6.07) is 1.67. The Labute approximate surface area is 97.0 Å². The van der Waals surface area contributed by atoms with Gasteiger partial charge in [-0.1, -0.05) is 24.4 Å². The van der Waals surface area contributed by atoms with Crippen molar-refractivity contribution in [1.29, 1.82) is 5.26 Å². The van der Waals surface area contributed by atoms with Crippen LogP contribution in [0.25, 0.3) is 0 Å². The highest BCUT2D eigenvalue weighted by Crippen LogP contribution is 2.41. The monoisotopic (exact) mass is 244 g/mol. The largest absolute Gasteiger partial charge is 0.748 e. The first-order valence-electron chi connectivity index (χ1n) is 5.18. The van der Waals surface area contributed by atoms with Crippen molar-refractivity contribution in [3.8, 4) is 6.07 Å². The number of rotatable bonds is 2. The molecule has 0 aromatic carbocycles. The second-order valence-corrected chi connectivity index (χ2v) is 4.73. The highest BCUT2D eigenvalue weighted by atomic mass is 32.2. The van der Waals surface area contributed by atoms with Crippen LogP contribution in [-0.4, -0.2) is 15.8 Å². The lowest BCUT2D eigenvalue weighted by Crippen LogP contribution is -2.45. The lowest BCUT2D eigenvalue weighted by Gasteiger charge is -2.32. The molecular weight excluding hydrogens is 233 g/mol. The van der Waals surface area contributed by atoms with E-state index in [9.17, 15) is 9.09 Å². The SMILES string of the molecule is N#CC1(SF)C(C2CCCCC2)=NON1[O-]. The Morgan fingerprint density at radius 2 is 2.25 bits per heavy atom. The summed E-state index contributed by atoms with van der Waals surface area (Å²) in [4.78, 5) is 2.47. The molecule has 1 unspecified atom stereocenters. The molecule has 7 heteroatoms. The standard InChI is InChI=1S/C9H11FN3O2S/c10-16-9(6-11)8(12-15-13(9)14)7-4-2-1-3-5-7/h7H,1-5H2/q-1. The zero-order valence-electron chi connectivity index (χ0n) is 8.56. The number of halogens is 1. The van der Waals surface area contributed by atoms with Gasteiger partial charge in [-0.25, -0.2) is 0 Å². The summed E-state index contributed by atoms with van der Waals surface area (Å²) in [6.45, 7) is 0. The molecule has 0 amide bonds. The van der Waals surface area contributed by atoms with Crippen LogP contribution in [0.1, 0.15) is 32.1 Å². The van der Waals surface area contributed by atoms with Gasteiger partial charge in [-0.3, -0.25) is 0 Å². The normalized spacial score (nSPS) is 31.9. The van der Waals surface area contributed by atoms with E-state index in [0.717, 1.165) is 32.1 Å². The number of hydrogen-bond acceptors (Lipinski definition) is 6. The van der Waals surface area contributed by atoms with Gasteiger partial charge in [0.15, 0.2) is 0 Å². The molecule has 2 rings (SSSR count). The van der Waals surface area contributed by atoms with E-state index in [2.05, 4.69) is 10.1 Å². The first kappa shape index (κ1) is 11.6. The third-order valence-corrected chi connectivity index (χ3v) is 3.75. The Morgan fingerprint density at radius 3 is 2.81 bits per heavy atom. The maximum atomic E-state index is 12.9. The van der Waals surface area contributed by atoms with Crippen LogP contribution in [0.15, 0.2) is 5.16 Å². The maximum absolute atomic E-state index is 12.9. The van der Waals surface area contributed by atoms with Gasteiger partial charge in [-0.15, -0.1) is 5.23 Å². The molecule has 0 bridgehead atoms. The van der Waals surface area contributed by atoms with Crippen LogP contribution in [0.3, 0.4) is 0 Å². The van der Waals surface area contributed by atoms with Crippen molar-refractivity contribution in [2.24, 2.45) is 11.1 Å². The number of oxime groups is 1. The molecule has 0 N–H and O–H groups in total. The van der Waals surface area contributed by atoms with Gasteiger partial charge in [0.05, 0.1) is 12.1 Å². The molecule has 1 saturated carbocycles. The van der Waals surface area contributed by atoms with Crippen molar-refractivity contribution in [2.75, 3.05) is 0 Å².